The van der Waals surface area contributed by atoms with Crippen molar-refractivity contribution in [2.45, 2.75) is 25.3 Å². The fraction of sp³-hybridized carbons (Fsp3) is 0.462. The average Bonchev–Trinajstić information content (AvgIpc) is 2.80. The van der Waals surface area contributed by atoms with Crippen molar-refractivity contribution >= 4 is 11.6 Å². The number of nitrogens with one attached hydrogen (secondary N) is 1. The Morgan fingerprint density at radius 1 is 1.37 bits per heavy atom. The summed E-state index contributed by atoms with van der Waals surface area (Å²) in [4.78, 5) is 11.9. The Morgan fingerprint density at radius 2 is 2.11 bits per heavy atom. The Kier molecular flexibility index (Phi) is 3.99. The molecule has 0 radical (unpaired) electrons. The number of benzene rings is 1. The van der Waals surface area contributed by atoms with Gasteiger partial charge in [-0.2, -0.15) is 0 Å². The smallest absolute Gasteiger partial charge is 0.227 e. The van der Waals surface area contributed by atoms with Gasteiger partial charge in [0, 0.05) is 24.1 Å². The van der Waals surface area contributed by atoms with E-state index in [1.807, 2.05) is 0 Å². The van der Waals surface area contributed by atoms with Gasteiger partial charge in [0.15, 0.2) is 17.4 Å². The van der Waals surface area contributed by atoms with Crippen molar-refractivity contribution in [2.24, 2.45) is 11.7 Å². The standard InChI is InChI=1S/C13H16F2N2O2/c1-19-12-6-9(14)11(5-10(12)15)17-13(18)7-2-3-8(16)4-7/h5-8H,2-4,16H2,1H3,(H,17,18). The molecular weight excluding hydrogens is 254 g/mol. The van der Waals surface area contributed by atoms with E-state index >= 15 is 0 Å². The van der Waals surface area contributed by atoms with Gasteiger partial charge in [-0.05, 0) is 19.3 Å². The van der Waals surface area contributed by atoms with Crippen molar-refractivity contribution < 1.29 is 18.3 Å². The lowest BCUT2D eigenvalue weighted by Crippen LogP contribution is -2.23. The highest BCUT2D eigenvalue weighted by Gasteiger charge is 2.28. The van der Waals surface area contributed by atoms with Crippen LogP contribution in [0, 0.1) is 17.6 Å². The predicted molar refractivity (Wildman–Crippen MR) is 66.9 cm³/mol. The summed E-state index contributed by atoms with van der Waals surface area (Å²) in [5.74, 6) is -2.20. The highest BCUT2D eigenvalue weighted by Crippen LogP contribution is 2.28. The van der Waals surface area contributed by atoms with Gasteiger partial charge in [0.25, 0.3) is 0 Å². The van der Waals surface area contributed by atoms with Crippen molar-refractivity contribution in [1.82, 2.24) is 0 Å². The number of hydrogen-bond donors (Lipinski definition) is 2. The van der Waals surface area contributed by atoms with E-state index in [-0.39, 0.29) is 29.3 Å². The third-order valence-corrected chi connectivity index (χ3v) is 3.34. The first-order valence-electron chi connectivity index (χ1n) is 6.10. The molecule has 1 aromatic rings. The molecule has 3 N–H and O–H groups in total. The molecule has 1 aromatic carbocycles. The summed E-state index contributed by atoms with van der Waals surface area (Å²) in [5.41, 5.74) is 5.54. The second kappa shape index (κ2) is 5.52. The normalized spacial score (nSPS) is 22.3. The lowest BCUT2D eigenvalue weighted by molar-refractivity contribution is -0.119. The van der Waals surface area contributed by atoms with Crippen LogP contribution in [0.1, 0.15) is 19.3 Å². The highest BCUT2D eigenvalue weighted by atomic mass is 19.1. The second-order valence-corrected chi connectivity index (χ2v) is 4.73. The van der Waals surface area contributed by atoms with Crippen LogP contribution in [0.15, 0.2) is 12.1 Å². The number of amides is 1. The fourth-order valence-electron chi connectivity index (χ4n) is 2.27. The minimum atomic E-state index is -0.728. The lowest BCUT2D eigenvalue weighted by atomic mass is 10.1. The molecule has 0 saturated heterocycles. The van der Waals surface area contributed by atoms with E-state index in [0.717, 1.165) is 18.6 Å². The minimum Gasteiger partial charge on any atom is -0.494 e. The number of carbonyl (C=O) groups excluding carboxylic acids is 1. The first kappa shape index (κ1) is 13.7. The molecule has 1 amide bonds. The lowest BCUT2D eigenvalue weighted by Gasteiger charge is -2.12. The fourth-order valence-corrected chi connectivity index (χ4v) is 2.27. The van der Waals surface area contributed by atoms with Crippen LogP contribution in [0.4, 0.5) is 14.5 Å². The molecule has 19 heavy (non-hydrogen) atoms. The first-order chi connectivity index (χ1) is 9.01. The van der Waals surface area contributed by atoms with Crippen LogP contribution >= 0.6 is 0 Å². The van der Waals surface area contributed by atoms with Gasteiger partial charge in [0.05, 0.1) is 12.8 Å². The van der Waals surface area contributed by atoms with Gasteiger partial charge >= 0.3 is 0 Å². The van der Waals surface area contributed by atoms with Gasteiger partial charge < -0.3 is 15.8 Å². The van der Waals surface area contributed by atoms with Gasteiger partial charge in [0.2, 0.25) is 5.91 Å². The highest BCUT2D eigenvalue weighted by molar-refractivity contribution is 5.93. The maximum Gasteiger partial charge on any atom is 0.227 e. The number of methoxy groups -OCH3 is 1. The summed E-state index contributed by atoms with van der Waals surface area (Å²) >= 11 is 0. The topological polar surface area (TPSA) is 64.3 Å². The van der Waals surface area contributed by atoms with Crippen molar-refractivity contribution in [3.05, 3.63) is 23.8 Å². The summed E-state index contributed by atoms with van der Waals surface area (Å²) in [6.07, 6.45) is 2.02. The van der Waals surface area contributed by atoms with E-state index in [1.165, 1.54) is 7.11 Å². The molecule has 2 rings (SSSR count). The molecule has 6 heteroatoms. The molecule has 1 aliphatic carbocycles. The molecule has 0 spiro atoms. The Labute approximate surface area is 109 Å². The Balaban J connectivity index is 2.11. The summed E-state index contributed by atoms with van der Waals surface area (Å²) in [6.45, 7) is 0. The van der Waals surface area contributed by atoms with E-state index in [2.05, 4.69) is 10.1 Å². The molecule has 104 valence electrons. The number of halogens is 2. The third-order valence-electron chi connectivity index (χ3n) is 3.34. The Morgan fingerprint density at radius 3 is 2.68 bits per heavy atom. The number of nitrogens with two attached hydrogens (primary N) is 1. The van der Waals surface area contributed by atoms with Gasteiger partial charge in [-0.25, -0.2) is 8.78 Å². The second-order valence-electron chi connectivity index (χ2n) is 4.73. The number of rotatable bonds is 3. The maximum atomic E-state index is 13.7. The van der Waals surface area contributed by atoms with E-state index < -0.39 is 11.6 Å². The SMILES string of the molecule is COc1cc(F)c(NC(=O)C2CCC(N)C2)cc1F. The molecular formula is C13H16F2N2O2. The Bertz CT molecular complexity index is 494. The molecule has 0 heterocycles. The zero-order valence-corrected chi connectivity index (χ0v) is 10.6. The van der Waals surface area contributed by atoms with Crippen molar-refractivity contribution in [3.8, 4) is 5.75 Å². The molecule has 4 nitrogen and oxygen atoms in total. The first-order valence-corrected chi connectivity index (χ1v) is 6.10. The molecule has 0 bridgehead atoms. The zero-order chi connectivity index (χ0) is 14.0. The van der Waals surface area contributed by atoms with Gasteiger partial charge in [-0.1, -0.05) is 0 Å². The number of ether oxygens (including phenoxy) is 1. The zero-order valence-electron chi connectivity index (χ0n) is 10.6. The van der Waals surface area contributed by atoms with E-state index in [0.29, 0.717) is 12.8 Å². The van der Waals surface area contributed by atoms with E-state index in [4.69, 9.17) is 5.73 Å². The van der Waals surface area contributed by atoms with E-state index in [9.17, 15) is 13.6 Å². The molecule has 1 aliphatic rings. The Hall–Kier alpha value is -1.69. The van der Waals surface area contributed by atoms with Crippen LogP contribution in [0.25, 0.3) is 0 Å². The molecule has 2 atom stereocenters. The van der Waals surface area contributed by atoms with Gasteiger partial charge in [-0.3, -0.25) is 4.79 Å². The monoisotopic (exact) mass is 270 g/mol. The minimum absolute atomic E-state index is 0.00759. The van der Waals surface area contributed by atoms with Crippen LogP contribution in [0.2, 0.25) is 0 Å². The van der Waals surface area contributed by atoms with Crippen LogP contribution < -0.4 is 15.8 Å². The van der Waals surface area contributed by atoms with Crippen molar-refractivity contribution in [1.29, 1.82) is 0 Å². The quantitative estimate of drug-likeness (QED) is 0.883. The largest absolute Gasteiger partial charge is 0.494 e. The third kappa shape index (κ3) is 3.01. The summed E-state index contributed by atoms with van der Waals surface area (Å²) in [7, 11) is 1.25. The summed E-state index contributed by atoms with van der Waals surface area (Å²) < 4.78 is 31.8. The van der Waals surface area contributed by atoms with Crippen LogP contribution in [-0.4, -0.2) is 19.1 Å². The maximum absolute atomic E-state index is 13.7. The average molecular weight is 270 g/mol. The van der Waals surface area contributed by atoms with E-state index in [1.54, 1.807) is 0 Å². The molecule has 2 unspecified atom stereocenters. The van der Waals surface area contributed by atoms with Crippen LogP contribution in [0.5, 0.6) is 5.75 Å². The van der Waals surface area contributed by atoms with Crippen molar-refractivity contribution in [3.63, 3.8) is 0 Å². The van der Waals surface area contributed by atoms with Crippen LogP contribution in [-0.2, 0) is 4.79 Å². The van der Waals surface area contributed by atoms with Gasteiger partial charge in [0.1, 0.15) is 0 Å². The molecule has 1 fully saturated rings. The summed E-state index contributed by atoms with van der Waals surface area (Å²) in [6, 6.07) is 1.83. The number of anilines is 1. The summed E-state index contributed by atoms with van der Waals surface area (Å²) in [5, 5.41) is 2.40. The molecule has 0 aliphatic heterocycles. The molecule has 1 saturated carbocycles. The molecule has 0 aromatic heterocycles. The predicted octanol–water partition coefficient (Wildman–Crippen LogP) is 2.04. The van der Waals surface area contributed by atoms with Gasteiger partial charge in [-0.15, -0.1) is 0 Å². The number of carbonyl (C=O) groups is 1. The van der Waals surface area contributed by atoms with Crippen LogP contribution in [0.3, 0.4) is 0 Å². The van der Waals surface area contributed by atoms with Crippen molar-refractivity contribution in [2.75, 3.05) is 12.4 Å². The number of hydrogen-bond acceptors (Lipinski definition) is 3.